The number of rotatable bonds is 5. The van der Waals surface area contributed by atoms with Gasteiger partial charge in [-0.1, -0.05) is 29.6 Å². The quantitative estimate of drug-likeness (QED) is 0.907. The molecule has 2 fully saturated rings. The third-order valence-corrected chi connectivity index (χ3v) is 4.67. The van der Waals surface area contributed by atoms with Gasteiger partial charge < -0.3 is 9.05 Å². The van der Waals surface area contributed by atoms with Crippen LogP contribution in [0.5, 0.6) is 0 Å². The molecular weight excluding hydrogens is 282 g/mol. The fourth-order valence-corrected chi connectivity index (χ4v) is 3.22. The fraction of sp³-hybridized carbons (Fsp3) is 0.733. The predicted molar refractivity (Wildman–Crippen MR) is 76.9 cm³/mol. The summed E-state index contributed by atoms with van der Waals surface area (Å²) in [5.41, 5.74) is -0.232. The SMILES string of the molecule is Cc1nc(C2(NCc3nc(C4CC4)no3)CCCCC2)no1. The van der Waals surface area contributed by atoms with Gasteiger partial charge in [0.25, 0.3) is 0 Å². The lowest BCUT2D eigenvalue weighted by molar-refractivity contribution is 0.201. The molecule has 2 aliphatic carbocycles. The molecule has 0 bridgehead atoms. The molecule has 0 amide bonds. The average molecular weight is 303 g/mol. The summed E-state index contributed by atoms with van der Waals surface area (Å²) in [6.45, 7) is 2.38. The third-order valence-electron chi connectivity index (χ3n) is 4.67. The summed E-state index contributed by atoms with van der Waals surface area (Å²) in [5, 5.41) is 11.8. The zero-order valence-electron chi connectivity index (χ0n) is 12.8. The number of aryl methyl sites for hydroxylation is 1. The summed E-state index contributed by atoms with van der Waals surface area (Å²) >= 11 is 0. The first kappa shape index (κ1) is 13.9. The predicted octanol–water partition coefficient (Wildman–Crippen LogP) is 2.59. The second-order valence-electron chi connectivity index (χ2n) is 6.45. The van der Waals surface area contributed by atoms with Crippen molar-refractivity contribution in [3.63, 3.8) is 0 Å². The van der Waals surface area contributed by atoms with Crippen LogP contribution in [-0.4, -0.2) is 20.3 Å². The molecule has 0 atom stereocenters. The normalized spacial score (nSPS) is 21.1. The lowest BCUT2D eigenvalue weighted by atomic mass is 9.81. The lowest BCUT2D eigenvalue weighted by Gasteiger charge is -2.35. The molecule has 7 nitrogen and oxygen atoms in total. The van der Waals surface area contributed by atoms with Crippen molar-refractivity contribution in [3.05, 3.63) is 23.4 Å². The highest BCUT2D eigenvalue weighted by Crippen LogP contribution is 2.38. The Morgan fingerprint density at radius 1 is 1.09 bits per heavy atom. The molecule has 2 aromatic heterocycles. The van der Waals surface area contributed by atoms with Gasteiger partial charge in [0.2, 0.25) is 11.8 Å². The molecule has 1 N–H and O–H groups in total. The van der Waals surface area contributed by atoms with Crippen LogP contribution in [0.3, 0.4) is 0 Å². The van der Waals surface area contributed by atoms with Crippen LogP contribution in [0.25, 0.3) is 0 Å². The number of aromatic nitrogens is 4. The highest BCUT2D eigenvalue weighted by atomic mass is 16.5. The molecule has 118 valence electrons. The van der Waals surface area contributed by atoms with Crippen molar-refractivity contribution in [1.29, 1.82) is 0 Å². The topological polar surface area (TPSA) is 89.9 Å². The Kier molecular flexibility index (Phi) is 3.44. The summed E-state index contributed by atoms with van der Waals surface area (Å²) in [6.07, 6.45) is 7.96. The minimum atomic E-state index is -0.232. The van der Waals surface area contributed by atoms with Gasteiger partial charge in [0.15, 0.2) is 11.6 Å². The van der Waals surface area contributed by atoms with Crippen LogP contribution in [0.1, 0.15) is 74.3 Å². The van der Waals surface area contributed by atoms with Crippen molar-refractivity contribution >= 4 is 0 Å². The maximum Gasteiger partial charge on any atom is 0.240 e. The van der Waals surface area contributed by atoms with Crippen molar-refractivity contribution < 1.29 is 9.05 Å². The molecule has 4 rings (SSSR count). The first-order valence-electron chi connectivity index (χ1n) is 8.13. The van der Waals surface area contributed by atoms with Gasteiger partial charge in [0.05, 0.1) is 12.1 Å². The highest BCUT2D eigenvalue weighted by Gasteiger charge is 2.38. The van der Waals surface area contributed by atoms with Crippen LogP contribution in [0.15, 0.2) is 9.05 Å². The second-order valence-corrected chi connectivity index (χ2v) is 6.45. The Balaban J connectivity index is 1.50. The largest absolute Gasteiger partial charge is 0.340 e. The first-order chi connectivity index (χ1) is 10.8. The molecule has 2 aliphatic rings. The van der Waals surface area contributed by atoms with E-state index < -0.39 is 0 Å². The minimum Gasteiger partial charge on any atom is -0.340 e. The van der Waals surface area contributed by atoms with Crippen molar-refractivity contribution in [3.8, 4) is 0 Å². The highest BCUT2D eigenvalue weighted by molar-refractivity contribution is 5.08. The van der Waals surface area contributed by atoms with E-state index in [0.29, 0.717) is 24.2 Å². The molecule has 0 spiro atoms. The molecule has 7 heteroatoms. The smallest absolute Gasteiger partial charge is 0.240 e. The van der Waals surface area contributed by atoms with E-state index in [0.717, 1.165) is 37.3 Å². The van der Waals surface area contributed by atoms with E-state index >= 15 is 0 Å². The van der Waals surface area contributed by atoms with E-state index in [-0.39, 0.29) is 5.54 Å². The van der Waals surface area contributed by atoms with E-state index in [1.165, 1.54) is 19.3 Å². The Bertz CT molecular complexity index is 640. The number of hydrogen-bond donors (Lipinski definition) is 1. The summed E-state index contributed by atoms with van der Waals surface area (Å²) < 4.78 is 10.5. The monoisotopic (exact) mass is 303 g/mol. The van der Waals surface area contributed by atoms with E-state index in [2.05, 4.69) is 25.6 Å². The first-order valence-corrected chi connectivity index (χ1v) is 8.13. The summed E-state index contributed by atoms with van der Waals surface area (Å²) in [6, 6.07) is 0. The van der Waals surface area contributed by atoms with Gasteiger partial charge >= 0.3 is 0 Å². The molecule has 22 heavy (non-hydrogen) atoms. The summed E-state index contributed by atoms with van der Waals surface area (Å²) in [4.78, 5) is 8.94. The van der Waals surface area contributed by atoms with E-state index in [1.54, 1.807) is 0 Å². The van der Waals surface area contributed by atoms with Gasteiger partial charge in [-0.05, 0) is 25.7 Å². The third kappa shape index (κ3) is 2.65. The van der Waals surface area contributed by atoms with E-state index in [4.69, 9.17) is 9.05 Å². The minimum absolute atomic E-state index is 0.232. The number of nitrogens with one attached hydrogen (secondary N) is 1. The molecule has 0 unspecified atom stereocenters. The molecule has 0 saturated heterocycles. The molecular formula is C15H21N5O2. The zero-order valence-corrected chi connectivity index (χ0v) is 12.8. The Morgan fingerprint density at radius 2 is 1.91 bits per heavy atom. The van der Waals surface area contributed by atoms with Gasteiger partial charge in [-0.25, -0.2) is 0 Å². The standard InChI is InChI=1S/C15H21N5O2/c1-10-17-14(20-21-10)15(7-3-2-4-8-15)16-9-12-18-13(19-22-12)11-5-6-11/h11,16H,2-9H2,1H3. The van der Waals surface area contributed by atoms with Gasteiger partial charge in [-0.2, -0.15) is 9.97 Å². The number of nitrogens with zero attached hydrogens (tertiary/aromatic N) is 4. The molecule has 0 radical (unpaired) electrons. The van der Waals surface area contributed by atoms with Crippen LogP contribution < -0.4 is 5.32 Å². The van der Waals surface area contributed by atoms with Crippen LogP contribution >= 0.6 is 0 Å². The fourth-order valence-electron chi connectivity index (χ4n) is 3.22. The van der Waals surface area contributed by atoms with Gasteiger partial charge in [-0.3, -0.25) is 5.32 Å². The average Bonchev–Trinajstić information content (AvgIpc) is 3.12. The molecule has 2 saturated carbocycles. The molecule has 2 heterocycles. The van der Waals surface area contributed by atoms with Crippen LogP contribution in [-0.2, 0) is 12.1 Å². The maximum atomic E-state index is 5.36. The lowest BCUT2D eigenvalue weighted by Crippen LogP contribution is -2.44. The van der Waals surface area contributed by atoms with Gasteiger partial charge in [0.1, 0.15) is 0 Å². The Morgan fingerprint density at radius 3 is 2.59 bits per heavy atom. The molecule has 0 aliphatic heterocycles. The summed E-state index contributed by atoms with van der Waals surface area (Å²) in [5.74, 6) is 3.38. The maximum absolute atomic E-state index is 5.36. The van der Waals surface area contributed by atoms with Crippen molar-refractivity contribution in [2.24, 2.45) is 0 Å². The zero-order chi connectivity index (χ0) is 15.0. The number of hydrogen-bond acceptors (Lipinski definition) is 7. The van der Waals surface area contributed by atoms with Crippen molar-refractivity contribution in [1.82, 2.24) is 25.6 Å². The Hall–Kier alpha value is -1.76. The molecule has 0 aromatic carbocycles. The van der Waals surface area contributed by atoms with E-state index in [9.17, 15) is 0 Å². The van der Waals surface area contributed by atoms with Crippen LogP contribution in [0.4, 0.5) is 0 Å². The van der Waals surface area contributed by atoms with Crippen molar-refractivity contribution in [2.75, 3.05) is 0 Å². The van der Waals surface area contributed by atoms with Crippen molar-refractivity contribution in [2.45, 2.75) is 69.9 Å². The van der Waals surface area contributed by atoms with Crippen LogP contribution in [0, 0.1) is 6.92 Å². The van der Waals surface area contributed by atoms with Gasteiger partial charge in [0, 0.05) is 12.8 Å². The van der Waals surface area contributed by atoms with Gasteiger partial charge in [-0.15, -0.1) is 0 Å². The Labute approximate surface area is 128 Å². The molecule has 2 aromatic rings. The van der Waals surface area contributed by atoms with E-state index in [1.807, 2.05) is 6.92 Å². The second kappa shape index (κ2) is 5.46. The summed E-state index contributed by atoms with van der Waals surface area (Å²) in [7, 11) is 0. The van der Waals surface area contributed by atoms with Crippen LogP contribution in [0.2, 0.25) is 0 Å².